The summed E-state index contributed by atoms with van der Waals surface area (Å²) < 4.78 is 30.6. The molecular weight excluding hydrogens is 442 g/mol. The lowest BCUT2D eigenvalue weighted by atomic mass is 10.0. The zero-order valence-electron chi connectivity index (χ0n) is 19.0. The summed E-state index contributed by atoms with van der Waals surface area (Å²) in [5, 5.41) is 0. The smallest absolute Gasteiger partial charge is 0.279 e. The molecule has 0 saturated carbocycles. The molecule has 32 heavy (non-hydrogen) atoms. The highest BCUT2D eigenvalue weighted by Gasteiger charge is 2.28. The molecule has 1 aliphatic rings. The topological polar surface area (TPSA) is 71.7 Å². The molecular formula is C24H29N3O3S2. The van der Waals surface area contributed by atoms with E-state index in [1.807, 2.05) is 6.92 Å². The molecule has 1 unspecified atom stereocenters. The lowest BCUT2D eigenvalue weighted by Crippen LogP contribution is -2.39. The number of benzene rings is 2. The second-order valence-electron chi connectivity index (χ2n) is 8.61. The maximum Gasteiger partial charge on any atom is 0.279 e. The third-order valence-corrected chi connectivity index (χ3v) is 8.89. The van der Waals surface area contributed by atoms with Gasteiger partial charge < -0.3 is 4.57 Å². The molecule has 3 aromatic rings. The summed E-state index contributed by atoms with van der Waals surface area (Å²) >= 11 is 1.50. The first-order chi connectivity index (χ1) is 15.2. The van der Waals surface area contributed by atoms with Crippen LogP contribution in [0.1, 0.15) is 48.2 Å². The van der Waals surface area contributed by atoms with Gasteiger partial charge in [-0.1, -0.05) is 24.3 Å². The molecule has 0 radical (unpaired) electrons. The van der Waals surface area contributed by atoms with Crippen LogP contribution in [-0.4, -0.2) is 36.3 Å². The second kappa shape index (κ2) is 8.92. The molecule has 1 atom stereocenters. The molecule has 1 aliphatic heterocycles. The molecule has 2 heterocycles. The van der Waals surface area contributed by atoms with E-state index in [4.69, 9.17) is 0 Å². The largest absolute Gasteiger partial charge is 0.316 e. The summed E-state index contributed by atoms with van der Waals surface area (Å²) in [4.78, 5) is 18.1. The minimum Gasteiger partial charge on any atom is -0.316 e. The van der Waals surface area contributed by atoms with E-state index in [9.17, 15) is 13.2 Å². The Morgan fingerprint density at radius 1 is 1.19 bits per heavy atom. The van der Waals surface area contributed by atoms with E-state index in [-0.39, 0.29) is 10.8 Å². The number of nitrogens with zero attached hydrogens (tertiary/aromatic N) is 3. The predicted octanol–water partition coefficient (Wildman–Crippen LogP) is 4.50. The fraction of sp³-hybridized carbons (Fsp3) is 0.417. The maximum absolute atomic E-state index is 13.0. The van der Waals surface area contributed by atoms with Crippen molar-refractivity contribution >= 4 is 37.5 Å². The number of sulfonamides is 1. The minimum atomic E-state index is -3.54. The molecule has 170 valence electrons. The Morgan fingerprint density at radius 3 is 2.56 bits per heavy atom. The summed E-state index contributed by atoms with van der Waals surface area (Å²) in [5.41, 5.74) is 3.82. The fourth-order valence-electron chi connectivity index (χ4n) is 4.40. The van der Waals surface area contributed by atoms with Gasteiger partial charge in [0.1, 0.15) is 0 Å². The number of hydrogen-bond acceptors (Lipinski definition) is 4. The Kier molecular flexibility index (Phi) is 6.38. The average Bonchev–Trinajstić information content (AvgIpc) is 3.10. The molecule has 0 aliphatic carbocycles. The summed E-state index contributed by atoms with van der Waals surface area (Å²) in [7, 11) is -3.54. The number of aryl methyl sites for hydroxylation is 3. The lowest BCUT2D eigenvalue weighted by molar-refractivity contribution is 0.0997. The maximum atomic E-state index is 13.0. The molecule has 1 fully saturated rings. The highest BCUT2D eigenvalue weighted by Crippen LogP contribution is 2.25. The number of piperidine rings is 1. The zero-order chi connectivity index (χ0) is 23.0. The molecule has 1 aromatic heterocycles. The van der Waals surface area contributed by atoms with Crippen LogP contribution in [0.5, 0.6) is 0 Å². The number of thiazole rings is 1. The Labute approximate surface area is 193 Å². The third kappa shape index (κ3) is 4.31. The van der Waals surface area contributed by atoms with Crippen LogP contribution in [0, 0.1) is 19.8 Å². The van der Waals surface area contributed by atoms with Crippen molar-refractivity contribution in [2.75, 3.05) is 13.1 Å². The molecule has 0 spiro atoms. The third-order valence-electron chi connectivity index (χ3n) is 5.98. The van der Waals surface area contributed by atoms with Crippen molar-refractivity contribution in [3.63, 3.8) is 0 Å². The number of hydrogen-bond donors (Lipinski definition) is 0. The highest BCUT2D eigenvalue weighted by atomic mass is 32.2. The summed E-state index contributed by atoms with van der Waals surface area (Å²) in [5.74, 6) is -0.0131. The van der Waals surface area contributed by atoms with E-state index in [1.54, 1.807) is 16.4 Å². The van der Waals surface area contributed by atoms with E-state index in [0.29, 0.717) is 35.9 Å². The number of aromatic nitrogens is 1. The van der Waals surface area contributed by atoms with Crippen molar-refractivity contribution in [2.24, 2.45) is 10.9 Å². The van der Waals surface area contributed by atoms with Gasteiger partial charge in [-0.2, -0.15) is 9.30 Å². The van der Waals surface area contributed by atoms with Crippen molar-refractivity contribution in [1.29, 1.82) is 0 Å². The summed E-state index contributed by atoms with van der Waals surface area (Å²) in [6, 6.07) is 10.4. The first-order valence-corrected chi connectivity index (χ1v) is 13.3. The van der Waals surface area contributed by atoms with Crippen LogP contribution >= 0.6 is 11.3 Å². The van der Waals surface area contributed by atoms with Gasteiger partial charge in [-0.3, -0.25) is 4.79 Å². The Bertz CT molecular complexity index is 1340. The van der Waals surface area contributed by atoms with Gasteiger partial charge in [-0.25, -0.2) is 8.42 Å². The Hall–Kier alpha value is -2.29. The first kappa shape index (κ1) is 22.9. The normalized spacial score (nSPS) is 18.4. The van der Waals surface area contributed by atoms with Crippen LogP contribution < -0.4 is 4.80 Å². The Balaban J connectivity index is 1.65. The van der Waals surface area contributed by atoms with Gasteiger partial charge in [0.25, 0.3) is 5.91 Å². The van der Waals surface area contributed by atoms with E-state index < -0.39 is 10.0 Å². The zero-order valence-corrected chi connectivity index (χ0v) is 20.6. The van der Waals surface area contributed by atoms with Crippen LogP contribution in [0.25, 0.3) is 10.2 Å². The van der Waals surface area contributed by atoms with E-state index in [1.165, 1.54) is 29.0 Å². The SMILES string of the molecule is CCn1c(=NC(=O)c2ccc(S(=O)(=O)N3CCCC(C)C3)cc2)sc2cc(C)cc(C)c21. The number of rotatable bonds is 4. The molecule has 6 nitrogen and oxygen atoms in total. The second-order valence-corrected chi connectivity index (χ2v) is 11.6. The van der Waals surface area contributed by atoms with Crippen LogP contribution in [-0.2, 0) is 16.6 Å². The highest BCUT2D eigenvalue weighted by molar-refractivity contribution is 7.89. The predicted molar refractivity (Wildman–Crippen MR) is 128 cm³/mol. The molecule has 8 heteroatoms. The van der Waals surface area contributed by atoms with Crippen molar-refractivity contribution in [2.45, 2.75) is 52.0 Å². The monoisotopic (exact) mass is 471 g/mol. The molecule has 4 rings (SSSR count). The van der Waals surface area contributed by atoms with Crippen molar-refractivity contribution in [1.82, 2.24) is 8.87 Å². The van der Waals surface area contributed by atoms with Gasteiger partial charge in [0, 0.05) is 25.2 Å². The van der Waals surface area contributed by atoms with E-state index >= 15 is 0 Å². The van der Waals surface area contributed by atoms with Gasteiger partial charge in [-0.15, -0.1) is 0 Å². The van der Waals surface area contributed by atoms with Crippen molar-refractivity contribution in [3.8, 4) is 0 Å². The number of carbonyl (C=O) groups is 1. The van der Waals surface area contributed by atoms with E-state index in [0.717, 1.165) is 28.6 Å². The standard InChI is InChI=1S/C24H29N3O3S2/c1-5-27-22-18(4)13-17(3)14-21(22)31-24(27)25-23(28)19-8-10-20(11-9-19)32(29,30)26-12-6-7-16(2)15-26/h8-11,13-14,16H,5-7,12,15H2,1-4H3. The number of fused-ring (bicyclic) bond motifs is 1. The van der Waals surface area contributed by atoms with Crippen molar-refractivity contribution in [3.05, 3.63) is 57.9 Å². The molecule has 1 saturated heterocycles. The lowest BCUT2D eigenvalue weighted by Gasteiger charge is -2.30. The number of amides is 1. The van der Waals surface area contributed by atoms with Crippen molar-refractivity contribution < 1.29 is 13.2 Å². The molecule has 1 amide bonds. The van der Waals surface area contributed by atoms with Crippen LogP contribution in [0.2, 0.25) is 0 Å². The van der Waals surface area contributed by atoms with Gasteiger partial charge in [0.2, 0.25) is 10.0 Å². The summed E-state index contributed by atoms with van der Waals surface area (Å²) in [6.07, 6.45) is 1.93. The molecule has 0 N–H and O–H groups in total. The quantitative estimate of drug-likeness (QED) is 0.562. The van der Waals surface area contributed by atoms with Crippen LogP contribution in [0.3, 0.4) is 0 Å². The van der Waals surface area contributed by atoms with Crippen LogP contribution in [0.4, 0.5) is 0 Å². The number of carbonyl (C=O) groups excluding carboxylic acids is 1. The van der Waals surface area contributed by atoms with Gasteiger partial charge in [0.05, 0.1) is 15.1 Å². The minimum absolute atomic E-state index is 0.222. The Morgan fingerprint density at radius 2 is 1.91 bits per heavy atom. The average molecular weight is 472 g/mol. The van der Waals surface area contributed by atoms with Crippen LogP contribution in [0.15, 0.2) is 46.3 Å². The first-order valence-electron chi connectivity index (χ1n) is 11.0. The van der Waals surface area contributed by atoms with Gasteiger partial charge in [0.15, 0.2) is 4.80 Å². The van der Waals surface area contributed by atoms with E-state index in [2.05, 4.69) is 42.5 Å². The molecule has 0 bridgehead atoms. The van der Waals surface area contributed by atoms with Gasteiger partial charge in [-0.05, 0) is 81.0 Å². The summed E-state index contributed by atoms with van der Waals surface area (Å²) in [6.45, 7) is 10.0. The molecule has 2 aromatic carbocycles. The fourth-order valence-corrected chi connectivity index (χ4v) is 7.27. The van der Waals surface area contributed by atoms with Gasteiger partial charge >= 0.3 is 0 Å².